The smallest absolute Gasteiger partial charge is 0.228 e. The number of hydrogen-bond acceptors (Lipinski definition) is 2. The lowest BCUT2D eigenvalue weighted by atomic mass is 9.93. The first-order valence-electron chi connectivity index (χ1n) is 8.42. The quantitative estimate of drug-likeness (QED) is 0.689. The third kappa shape index (κ3) is 4.79. The molecule has 0 aliphatic heterocycles. The highest BCUT2D eigenvalue weighted by atomic mass is 19.1. The Bertz CT molecular complexity index is 827. The van der Waals surface area contributed by atoms with Crippen LogP contribution in [0.2, 0.25) is 0 Å². The van der Waals surface area contributed by atoms with Crippen LogP contribution in [0.15, 0.2) is 71.3 Å². The van der Waals surface area contributed by atoms with Gasteiger partial charge in [0, 0.05) is 13.0 Å². The molecule has 1 amide bonds. The summed E-state index contributed by atoms with van der Waals surface area (Å²) in [6, 6.07) is 15.7. The van der Waals surface area contributed by atoms with Gasteiger partial charge in [-0.05, 0) is 53.9 Å². The summed E-state index contributed by atoms with van der Waals surface area (Å²) < 4.78 is 31.5. The highest BCUT2D eigenvalue weighted by Gasteiger charge is 2.22. The first-order valence-corrected chi connectivity index (χ1v) is 8.42. The summed E-state index contributed by atoms with van der Waals surface area (Å²) in [4.78, 5) is 12.7. The number of carbonyl (C=O) groups is 1. The number of nitrogens with one attached hydrogen (secondary N) is 1. The minimum Gasteiger partial charge on any atom is -0.469 e. The number of rotatable bonds is 7. The summed E-state index contributed by atoms with van der Waals surface area (Å²) in [6.45, 7) is 0.431. The Hall–Kier alpha value is -2.95. The van der Waals surface area contributed by atoms with Gasteiger partial charge in [-0.15, -0.1) is 0 Å². The van der Waals surface area contributed by atoms with Gasteiger partial charge in [0.05, 0.1) is 12.2 Å². The molecule has 1 atom stereocenters. The first kappa shape index (κ1) is 17.9. The highest BCUT2D eigenvalue weighted by Crippen LogP contribution is 2.22. The van der Waals surface area contributed by atoms with Gasteiger partial charge in [-0.1, -0.05) is 24.3 Å². The van der Waals surface area contributed by atoms with Crippen molar-refractivity contribution in [1.29, 1.82) is 0 Å². The average molecular weight is 355 g/mol. The lowest BCUT2D eigenvalue weighted by Crippen LogP contribution is -2.32. The van der Waals surface area contributed by atoms with Gasteiger partial charge in [-0.2, -0.15) is 0 Å². The van der Waals surface area contributed by atoms with Crippen LogP contribution in [0, 0.1) is 11.6 Å². The van der Waals surface area contributed by atoms with Crippen LogP contribution in [-0.2, 0) is 17.6 Å². The standard InChI is InChI=1S/C21H19F2NO2/c22-17-7-3-15(4-8-17)11-12-24-21(25)20(14-19-2-1-13-26-19)16-5-9-18(23)10-6-16/h1-10,13,20H,11-12,14H2,(H,24,25). The van der Waals surface area contributed by atoms with E-state index in [0.717, 1.165) is 11.1 Å². The minimum absolute atomic E-state index is 0.157. The van der Waals surface area contributed by atoms with Gasteiger partial charge in [0.25, 0.3) is 0 Å². The third-order valence-corrected chi connectivity index (χ3v) is 4.20. The maximum atomic E-state index is 13.2. The van der Waals surface area contributed by atoms with Gasteiger partial charge >= 0.3 is 0 Å². The monoisotopic (exact) mass is 355 g/mol. The molecule has 0 aliphatic carbocycles. The molecule has 1 aromatic heterocycles. The van der Waals surface area contributed by atoms with E-state index in [1.807, 2.05) is 6.07 Å². The molecular formula is C21H19F2NO2. The summed E-state index contributed by atoms with van der Waals surface area (Å²) in [5.41, 5.74) is 1.66. The number of benzene rings is 2. The van der Waals surface area contributed by atoms with Crippen molar-refractivity contribution >= 4 is 5.91 Å². The molecular weight excluding hydrogens is 336 g/mol. The molecule has 0 aliphatic rings. The summed E-state index contributed by atoms with van der Waals surface area (Å²) in [5.74, 6) is -0.576. The summed E-state index contributed by atoms with van der Waals surface area (Å²) in [5, 5.41) is 2.90. The van der Waals surface area contributed by atoms with E-state index in [0.29, 0.717) is 25.1 Å². The third-order valence-electron chi connectivity index (χ3n) is 4.20. The lowest BCUT2D eigenvalue weighted by Gasteiger charge is -2.16. The fraction of sp³-hybridized carbons (Fsp3) is 0.190. The van der Waals surface area contributed by atoms with Crippen LogP contribution in [0.1, 0.15) is 22.8 Å². The van der Waals surface area contributed by atoms with E-state index < -0.39 is 5.92 Å². The molecule has 0 radical (unpaired) electrons. The van der Waals surface area contributed by atoms with Crippen LogP contribution in [0.4, 0.5) is 8.78 Å². The van der Waals surface area contributed by atoms with Crippen molar-refractivity contribution in [2.75, 3.05) is 6.54 Å². The fourth-order valence-corrected chi connectivity index (χ4v) is 2.79. The number of hydrogen-bond donors (Lipinski definition) is 1. The zero-order chi connectivity index (χ0) is 18.4. The van der Waals surface area contributed by atoms with E-state index in [-0.39, 0.29) is 17.5 Å². The van der Waals surface area contributed by atoms with Gasteiger partial charge in [0.15, 0.2) is 0 Å². The molecule has 3 rings (SSSR count). The van der Waals surface area contributed by atoms with Crippen molar-refractivity contribution < 1.29 is 18.0 Å². The Labute approximate surface area is 150 Å². The molecule has 26 heavy (non-hydrogen) atoms. The Morgan fingerprint density at radius 2 is 1.62 bits per heavy atom. The molecule has 2 aromatic carbocycles. The van der Waals surface area contributed by atoms with Gasteiger partial charge in [0.1, 0.15) is 17.4 Å². The van der Waals surface area contributed by atoms with Crippen molar-refractivity contribution in [1.82, 2.24) is 5.32 Å². The summed E-state index contributed by atoms with van der Waals surface area (Å²) in [6.07, 6.45) is 2.55. The van der Waals surface area contributed by atoms with Crippen molar-refractivity contribution in [2.45, 2.75) is 18.8 Å². The predicted octanol–water partition coefficient (Wildman–Crippen LogP) is 4.24. The Morgan fingerprint density at radius 3 is 2.23 bits per heavy atom. The molecule has 3 nitrogen and oxygen atoms in total. The van der Waals surface area contributed by atoms with E-state index in [1.165, 1.54) is 24.3 Å². The van der Waals surface area contributed by atoms with Gasteiger partial charge in [-0.25, -0.2) is 8.78 Å². The predicted molar refractivity (Wildman–Crippen MR) is 94.7 cm³/mol. The molecule has 0 bridgehead atoms. The van der Waals surface area contributed by atoms with Crippen LogP contribution in [-0.4, -0.2) is 12.5 Å². The van der Waals surface area contributed by atoms with E-state index in [9.17, 15) is 13.6 Å². The Morgan fingerprint density at radius 1 is 0.962 bits per heavy atom. The first-order chi connectivity index (χ1) is 12.6. The second-order valence-electron chi connectivity index (χ2n) is 6.06. The lowest BCUT2D eigenvalue weighted by molar-refractivity contribution is -0.122. The highest BCUT2D eigenvalue weighted by molar-refractivity contribution is 5.83. The van der Waals surface area contributed by atoms with Crippen LogP contribution >= 0.6 is 0 Å². The van der Waals surface area contributed by atoms with Crippen molar-refractivity contribution in [3.05, 3.63) is 95.4 Å². The molecule has 0 spiro atoms. The van der Waals surface area contributed by atoms with E-state index in [4.69, 9.17) is 4.42 Å². The molecule has 1 N–H and O–H groups in total. The number of halogens is 2. The van der Waals surface area contributed by atoms with Gasteiger partial charge < -0.3 is 9.73 Å². The molecule has 1 heterocycles. The van der Waals surface area contributed by atoms with E-state index in [2.05, 4.69) is 5.32 Å². The van der Waals surface area contributed by atoms with Crippen molar-refractivity contribution in [3.8, 4) is 0 Å². The van der Waals surface area contributed by atoms with Crippen LogP contribution in [0.5, 0.6) is 0 Å². The van der Waals surface area contributed by atoms with Crippen molar-refractivity contribution in [3.63, 3.8) is 0 Å². The molecule has 5 heteroatoms. The van der Waals surface area contributed by atoms with Crippen molar-refractivity contribution in [2.24, 2.45) is 0 Å². The van der Waals surface area contributed by atoms with Crippen LogP contribution < -0.4 is 5.32 Å². The molecule has 3 aromatic rings. The molecule has 0 fully saturated rings. The van der Waals surface area contributed by atoms with Crippen LogP contribution in [0.3, 0.4) is 0 Å². The zero-order valence-electron chi connectivity index (χ0n) is 14.1. The summed E-state index contributed by atoms with van der Waals surface area (Å²) in [7, 11) is 0. The van der Waals surface area contributed by atoms with E-state index in [1.54, 1.807) is 36.6 Å². The minimum atomic E-state index is -0.477. The number of amides is 1. The number of furan rings is 1. The largest absolute Gasteiger partial charge is 0.469 e. The normalized spacial score (nSPS) is 11.9. The molecule has 0 saturated heterocycles. The second-order valence-corrected chi connectivity index (χ2v) is 6.06. The van der Waals surface area contributed by atoms with E-state index >= 15 is 0 Å². The SMILES string of the molecule is O=C(NCCc1ccc(F)cc1)C(Cc1ccco1)c1ccc(F)cc1. The summed E-state index contributed by atoms with van der Waals surface area (Å²) >= 11 is 0. The average Bonchev–Trinajstić information content (AvgIpc) is 3.15. The molecule has 134 valence electrons. The molecule has 1 unspecified atom stereocenters. The van der Waals surface area contributed by atoms with Gasteiger partial charge in [-0.3, -0.25) is 4.79 Å². The van der Waals surface area contributed by atoms with Gasteiger partial charge in [0.2, 0.25) is 5.91 Å². The second kappa shape index (κ2) is 8.43. The molecule has 0 saturated carbocycles. The topological polar surface area (TPSA) is 42.2 Å². The van der Waals surface area contributed by atoms with Crippen LogP contribution in [0.25, 0.3) is 0 Å². The maximum Gasteiger partial charge on any atom is 0.228 e. The fourth-order valence-electron chi connectivity index (χ4n) is 2.79. The Kier molecular flexibility index (Phi) is 5.79. The number of carbonyl (C=O) groups excluding carboxylic acids is 1. The maximum absolute atomic E-state index is 13.2. The Balaban J connectivity index is 1.65. The zero-order valence-corrected chi connectivity index (χ0v) is 14.1.